The molecule has 94 valence electrons. The summed E-state index contributed by atoms with van der Waals surface area (Å²) >= 11 is 3.52. The molecular formula is C13H19BrN2O. The van der Waals surface area contributed by atoms with E-state index in [1.165, 1.54) is 5.56 Å². The highest BCUT2D eigenvalue weighted by molar-refractivity contribution is 9.10. The summed E-state index contributed by atoms with van der Waals surface area (Å²) in [6.07, 6.45) is 1.08. The molecular weight excluding hydrogens is 280 g/mol. The third-order valence-corrected chi connectivity index (χ3v) is 3.97. The van der Waals surface area contributed by atoms with E-state index < -0.39 is 0 Å². The Morgan fingerprint density at radius 3 is 2.76 bits per heavy atom. The number of hydrogen-bond donors (Lipinski definition) is 1. The number of likely N-dealkylation sites (N-methyl/N-ethyl adjacent to an activating group) is 1. The Morgan fingerprint density at radius 1 is 1.47 bits per heavy atom. The number of ether oxygens (including phenoxy) is 1. The van der Waals surface area contributed by atoms with Crippen LogP contribution in [-0.4, -0.2) is 44.7 Å². The molecule has 0 saturated carbocycles. The number of hydrogen-bond acceptors (Lipinski definition) is 3. The molecule has 2 rings (SSSR count). The highest BCUT2D eigenvalue weighted by Crippen LogP contribution is 2.25. The Bertz CT molecular complexity index is 380. The van der Waals surface area contributed by atoms with Crippen LogP contribution in [0.2, 0.25) is 0 Å². The maximum absolute atomic E-state index is 5.22. The van der Waals surface area contributed by atoms with Crippen LogP contribution in [0.15, 0.2) is 22.7 Å². The van der Waals surface area contributed by atoms with Crippen LogP contribution in [0.3, 0.4) is 0 Å². The summed E-state index contributed by atoms with van der Waals surface area (Å²) in [6, 6.07) is 7.02. The van der Waals surface area contributed by atoms with E-state index in [0.29, 0.717) is 0 Å². The molecule has 0 atom stereocenters. The van der Waals surface area contributed by atoms with Gasteiger partial charge in [-0.2, -0.15) is 0 Å². The average molecular weight is 299 g/mol. The van der Waals surface area contributed by atoms with Crippen molar-refractivity contribution < 1.29 is 4.74 Å². The van der Waals surface area contributed by atoms with Crippen molar-refractivity contribution in [2.45, 2.75) is 12.5 Å². The predicted molar refractivity (Wildman–Crippen MR) is 73.7 cm³/mol. The minimum absolute atomic E-state index is 0.719. The molecule has 0 aromatic heterocycles. The van der Waals surface area contributed by atoms with Crippen molar-refractivity contribution in [3.63, 3.8) is 0 Å². The zero-order valence-corrected chi connectivity index (χ0v) is 12.0. The lowest BCUT2D eigenvalue weighted by Gasteiger charge is -2.35. The molecule has 1 N–H and O–H groups in total. The highest BCUT2D eigenvalue weighted by atomic mass is 79.9. The summed E-state index contributed by atoms with van der Waals surface area (Å²) in [5.74, 6) is 0.894. The van der Waals surface area contributed by atoms with Crippen LogP contribution in [0.5, 0.6) is 5.75 Å². The van der Waals surface area contributed by atoms with Gasteiger partial charge in [0.25, 0.3) is 0 Å². The second-order valence-electron chi connectivity index (χ2n) is 4.51. The zero-order chi connectivity index (χ0) is 12.3. The average Bonchev–Trinajstić information content (AvgIpc) is 2.24. The van der Waals surface area contributed by atoms with Crippen LogP contribution in [0.4, 0.5) is 0 Å². The highest BCUT2D eigenvalue weighted by Gasteiger charge is 2.20. The second-order valence-corrected chi connectivity index (χ2v) is 5.37. The fraction of sp³-hybridized carbons (Fsp3) is 0.538. The Labute approximate surface area is 111 Å². The van der Waals surface area contributed by atoms with Gasteiger partial charge in [0.1, 0.15) is 5.75 Å². The van der Waals surface area contributed by atoms with Gasteiger partial charge in [0.15, 0.2) is 0 Å². The van der Waals surface area contributed by atoms with Gasteiger partial charge < -0.3 is 15.0 Å². The number of nitrogens with one attached hydrogen (secondary N) is 1. The molecule has 0 radical (unpaired) electrons. The van der Waals surface area contributed by atoms with E-state index in [1.54, 1.807) is 7.11 Å². The quantitative estimate of drug-likeness (QED) is 0.899. The van der Waals surface area contributed by atoms with Gasteiger partial charge in [-0.05, 0) is 47.1 Å². The topological polar surface area (TPSA) is 24.5 Å². The van der Waals surface area contributed by atoms with Crippen LogP contribution in [0, 0.1) is 0 Å². The van der Waals surface area contributed by atoms with Crippen LogP contribution >= 0.6 is 15.9 Å². The van der Waals surface area contributed by atoms with Crippen molar-refractivity contribution in [1.29, 1.82) is 0 Å². The summed E-state index contributed by atoms with van der Waals surface area (Å²) < 4.78 is 6.26. The molecule has 3 nitrogen and oxygen atoms in total. The Kier molecular flexibility index (Phi) is 4.42. The van der Waals surface area contributed by atoms with Gasteiger partial charge in [0, 0.05) is 25.7 Å². The SMILES string of the molecule is COc1ccc(CCN(C)C2CNC2)cc1Br. The fourth-order valence-electron chi connectivity index (χ4n) is 1.94. The summed E-state index contributed by atoms with van der Waals surface area (Å²) in [5.41, 5.74) is 1.34. The normalized spacial score (nSPS) is 16.0. The molecule has 1 aromatic rings. The van der Waals surface area contributed by atoms with Crippen molar-refractivity contribution in [3.8, 4) is 5.75 Å². The van der Waals surface area contributed by atoms with E-state index in [1.807, 2.05) is 6.07 Å². The van der Waals surface area contributed by atoms with Crippen molar-refractivity contribution in [1.82, 2.24) is 10.2 Å². The maximum atomic E-state index is 5.22. The molecule has 1 saturated heterocycles. The number of nitrogens with zero attached hydrogens (tertiary/aromatic N) is 1. The van der Waals surface area contributed by atoms with Gasteiger partial charge in [-0.25, -0.2) is 0 Å². The van der Waals surface area contributed by atoms with Crippen molar-refractivity contribution in [2.75, 3.05) is 33.8 Å². The van der Waals surface area contributed by atoms with E-state index in [-0.39, 0.29) is 0 Å². The summed E-state index contributed by atoms with van der Waals surface area (Å²) in [6.45, 7) is 3.36. The number of methoxy groups -OCH3 is 1. The minimum Gasteiger partial charge on any atom is -0.496 e. The third-order valence-electron chi connectivity index (χ3n) is 3.35. The Morgan fingerprint density at radius 2 is 2.24 bits per heavy atom. The summed E-state index contributed by atoms with van der Waals surface area (Å²) in [4.78, 5) is 2.43. The van der Waals surface area contributed by atoms with Crippen molar-refractivity contribution >= 4 is 15.9 Å². The number of benzene rings is 1. The summed E-state index contributed by atoms with van der Waals surface area (Å²) in [5, 5.41) is 3.30. The molecule has 1 aromatic carbocycles. The molecule has 0 aliphatic carbocycles. The van der Waals surface area contributed by atoms with E-state index in [9.17, 15) is 0 Å². The van der Waals surface area contributed by atoms with Crippen LogP contribution in [-0.2, 0) is 6.42 Å². The smallest absolute Gasteiger partial charge is 0.133 e. The first-order valence-electron chi connectivity index (χ1n) is 5.94. The lowest BCUT2D eigenvalue weighted by Crippen LogP contribution is -2.56. The lowest BCUT2D eigenvalue weighted by atomic mass is 10.1. The van der Waals surface area contributed by atoms with E-state index in [2.05, 4.69) is 45.3 Å². The number of halogens is 1. The monoisotopic (exact) mass is 298 g/mol. The molecule has 17 heavy (non-hydrogen) atoms. The van der Waals surface area contributed by atoms with Gasteiger partial charge in [-0.3, -0.25) is 0 Å². The minimum atomic E-state index is 0.719. The van der Waals surface area contributed by atoms with Gasteiger partial charge in [0.2, 0.25) is 0 Å². The maximum Gasteiger partial charge on any atom is 0.133 e. The van der Waals surface area contributed by atoms with E-state index in [4.69, 9.17) is 4.74 Å². The first-order chi connectivity index (χ1) is 8.20. The van der Waals surface area contributed by atoms with Gasteiger partial charge in [0.05, 0.1) is 11.6 Å². The number of rotatable bonds is 5. The Balaban J connectivity index is 1.87. The van der Waals surface area contributed by atoms with E-state index >= 15 is 0 Å². The van der Waals surface area contributed by atoms with Crippen LogP contribution in [0.25, 0.3) is 0 Å². The van der Waals surface area contributed by atoms with Gasteiger partial charge in [-0.15, -0.1) is 0 Å². The molecule has 0 spiro atoms. The molecule has 0 unspecified atom stereocenters. The van der Waals surface area contributed by atoms with Crippen molar-refractivity contribution in [3.05, 3.63) is 28.2 Å². The van der Waals surface area contributed by atoms with Gasteiger partial charge in [-0.1, -0.05) is 6.07 Å². The van der Waals surface area contributed by atoms with Crippen LogP contribution < -0.4 is 10.1 Å². The van der Waals surface area contributed by atoms with Gasteiger partial charge >= 0.3 is 0 Å². The van der Waals surface area contributed by atoms with E-state index in [0.717, 1.165) is 42.3 Å². The molecule has 1 aliphatic heterocycles. The molecule has 4 heteroatoms. The zero-order valence-electron chi connectivity index (χ0n) is 10.4. The summed E-state index contributed by atoms with van der Waals surface area (Å²) in [7, 11) is 3.89. The van der Waals surface area contributed by atoms with Crippen LogP contribution in [0.1, 0.15) is 5.56 Å². The molecule has 0 bridgehead atoms. The first-order valence-corrected chi connectivity index (χ1v) is 6.73. The second kappa shape index (κ2) is 5.85. The largest absolute Gasteiger partial charge is 0.496 e. The fourth-order valence-corrected chi connectivity index (χ4v) is 2.53. The molecule has 0 amide bonds. The lowest BCUT2D eigenvalue weighted by molar-refractivity contribution is 0.182. The molecule has 1 fully saturated rings. The molecule has 1 heterocycles. The van der Waals surface area contributed by atoms with Crippen molar-refractivity contribution in [2.24, 2.45) is 0 Å². The third kappa shape index (κ3) is 3.21. The molecule has 1 aliphatic rings. The standard InChI is InChI=1S/C13H19BrN2O/c1-16(11-8-15-9-11)6-5-10-3-4-13(17-2)12(14)7-10/h3-4,7,11,15H,5-6,8-9H2,1-2H3. The Hall–Kier alpha value is -0.580. The first kappa shape index (κ1) is 12.9. The predicted octanol–water partition coefficient (Wildman–Crippen LogP) is 1.90.